The zero-order valence-electron chi connectivity index (χ0n) is 10.9. The van der Waals surface area contributed by atoms with Gasteiger partial charge in [0.05, 0.1) is 11.1 Å². The highest BCUT2D eigenvalue weighted by atomic mass is 16.2. The Hall–Kier alpha value is -2.37. The maximum atomic E-state index is 12.0. The monoisotopic (exact) mass is 273 g/mol. The van der Waals surface area contributed by atoms with Crippen molar-refractivity contribution in [3.63, 3.8) is 0 Å². The fraction of sp³-hybridized carbons (Fsp3) is 0.357. The van der Waals surface area contributed by atoms with E-state index >= 15 is 0 Å². The number of carbonyl (C=O) groups is 3. The lowest BCUT2D eigenvalue weighted by Gasteiger charge is -2.14. The van der Waals surface area contributed by atoms with Gasteiger partial charge in [0.15, 0.2) is 0 Å². The minimum atomic E-state index is -0.296. The molecule has 1 aliphatic heterocycles. The van der Waals surface area contributed by atoms with Crippen molar-refractivity contribution in [1.82, 2.24) is 15.5 Å². The standard InChI is InChI=1S/C14H15N3O3/c18-12-10-3-1-2-4-11(10)13(19)17(12)8-7-15-14(20)16-9-5-6-9/h1-4,9H,5-8H2,(H2,15,16,20). The third kappa shape index (κ3) is 2.36. The van der Waals surface area contributed by atoms with Gasteiger partial charge in [0.2, 0.25) is 0 Å². The average Bonchev–Trinajstić information content (AvgIpc) is 3.22. The number of hydrogen-bond donors (Lipinski definition) is 2. The average molecular weight is 273 g/mol. The minimum absolute atomic E-state index is 0.185. The fourth-order valence-corrected chi connectivity index (χ4v) is 2.19. The number of fused-ring (bicyclic) bond motifs is 1. The molecule has 3 rings (SSSR count). The highest BCUT2D eigenvalue weighted by Crippen LogP contribution is 2.21. The topological polar surface area (TPSA) is 78.5 Å². The number of nitrogens with zero attached hydrogens (tertiary/aromatic N) is 1. The Kier molecular flexibility index (Phi) is 3.14. The summed E-state index contributed by atoms with van der Waals surface area (Å²) < 4.78 is 0. The van der Waals surface area contributed by atoms with Gasteiger partial charge >= 0.3 is 6.03 Å². The first-order valence-corrected chi connectivity index (χ1v) is 6.66. The van der Waals surface area contributed by atoms with Gasteiger partial charge in [0, 0.05) is 19.1 Å². The van der Waals surface area contributed by atoms with Crippen LogP contribution in [0.4, 0.5) is 4.79 Å². The quantitative estimate of drug-likeness (QED) is 0.794. The Bertz CT molecular complexity index is 546. The second kappa shape index (κ2) is 4.96. The van der Waals surface area contributed by atoms with Crippen LogP contribution in [-0.4, -0.2) is 41.9 Å². The van der Waals surface area contributed by atoms with E-state index in [1.807, 2.05) is 0 Å². The zero-order valence-corrected chi connectivity index (χ0v) is 10.9. The first-order valence-electron chi connectivity index (χ1n) is 6.66. The molecule has 1 aromatic rings. The highest BCUT2D eigenvalue weighted by molar-refractivity contribution is 6.21. The third-order valence-electron chi connectivity index (χ3n) is 3.41. The van der Waals surface area contributed by atoms with Gasteiger partial charge in [0.1, 0.15) is 0 Å². The molecule has 2 N–H and O–H groups in total. The Morgan fingerprint density at radius 3 is 2.30 bits per heavy atom. The van der Waals surface area contributed by atoms with Crippen LogP contribution in [0.1, 0.15) is 33.6 Å². The van der Waals surface area contributed by atoms with E-state index in [4.69, 9.17) is 0 Å². The fourth-order valence-electron chi connectivity index (χ4n) is 2.19. The molecule has 20 heavy (non-hydrogen) atoms. The molecule has 0 saturated heterocycles. The second-order valence-corrected chi connectivity index (χ2v) is 4.98. The summed E-state index contributed by atoms with van der Waals surface area (Å²) in [6.07, 6.45) is 2.04. The number of nitrogens with one attached hydrogen (secondary N) is 2. The number of benzene rings is 1. The molecule has 0 spiro atoms. The van der Waals surface area contributed by atoms with Gasteiger partial charge in [-0.2, -0.15) is 0 Å². The van der Waals surface area contributed by atoms with Gasteiger partial charge < -0.3 is 10.6 Å². The number of hydrogen-bond acceptors (Lipinski definition) is 3. The predicted octanol–water partition coefficient (Wildman–Crippen LogP) is 0.744. The molecule has 2 aliphatic rings. The summed E-state index contributed by atoms with van der Waals surface area (Å²) in [5, 5.41) is 5.43. The van der Waals surface area contributed by atoms with Crippen LogP contribution in [0.15, 0.2) is 24.3 Å². The molecular weight excluding hydrogens is 258 g/mol. The van der Waals surface area contributed by atoms with E-state index in [2.05, 4.69) is 10.6 Å². The molecule has 0 aromatic heterocycles. The number of rotatable bonds is 4. The SMILES string of the molecule is O=C(NCCN1C(=O)c2ccccc2C1=O)NC1CC1. The molecule has 0 radical (unpaired) electrons. The van der Waals surface area contributed by atoms with Crippen molar-refractivity contribution in [1.29, 1.82) is 0 Å². The van der Waals surface area contributed by atoms with Crippen LogP contribution in [-0.2, 0) is 0 Å². The van der Waals surface area contributed by atoms with Crippen molar-refractivity contribution in [2.75, 3.05) is 13.1 Å². The van der Waals surface area contributed by atoms with Crippen LogP contribution in [0, 0.1) is 0 Å². The molecule has 1 aliphatic carbocycles. The number of urea groups is 1. The summed E-state index contributed by atoms with van der Waals surface area (Å²) in [5.41, 5.74) is 0.861. The Morgan fingerprint density at radius 1 is 1.15 bits per heavy atom. The normalized spacial score (nSPS) is 17.1. The van der Waals surface area contributed by atoms with Crippen LogP contribution in [0.3, 0.4) is 0 Å². The number of amides is 4. The van der Waals surface area contributed by atoms with Crippen molar-refractivity contribution in [3.8, 4) is 0 Å². The predicted molar refractivity (Wildman–Crippen MR) is 71.4 cm³/mol. The van der Waals surface area contributed by atoms with E-state index in [9.17, 15) is 14.4 Å². The van der Waals surface area contributed by atoms with Gasteiger partial charge in [-0.15, -0.1) is 0 Å². The summed E-state index contributed by atoms with van der Waals surface area (Å²) >= 11 is 0. The zero-order chi connectivity index (χ0) is 14.1. The van der Waals surface area contributed by atoms with Crippen LogP contribution >= 0.6 is 0 Å². The van der Waals surface area contributed by atoms with Crippen molar-refractivity contribution in [2.24, 2.45) is 0 Å². The Labute approximate surface area is 116 Å². The van der Waals surface area contributed by atoms with Gasteiger partial charge in [-0.3, -0.25) is 14.5 Å². The largest absolute Gasteiger partial charge is 0.336 e. The van der Waals surface area contributed by atoms with Gasteiger partial charge in [-0.05, 0) is 25.0 Å². The molecule has 0 atom stereocenters. The van der Waals surface area contributed by atoms with Gasteiger partial charge in [-0.25, -0.2) is 4.79 Å². The first kappa shape index (κ1) is 12.7. The highest BCUT2D eigenvalue weighted by Gasteiger charge is 2.34. The summed E-state index contributed by atoms with van der Waals surface area (Å²) in [6.45, 7) is 0.439. The molecule has 1 heterocycles. The lowest BCUT2D eigenvalue weighted by Crippen LogP contribution is -2.42. The second-order valence-electron chi connectivity index (χ2n) is 4.98. The number of carbonyl (C=O) groups excluding carboxylic acids is 3. The van der Waals surface area contributed by atoms with Crippen LogP contribution in [0.25, 0.3) is 0 Å². The lowest BCUT2D eigenvalue weighted by molar-refractivity contribution is 0.0656. The van der Waals surface area contributed by atoms with E-state index in [0.717, 1.165) is 12.8 Å². The molecule has 0 unspecified atom stereocenters. The molecule has 104 valence electrons. The third-order valence-corrected chi connectivity index (χ3v) is 3.41. The molecule has 1 saturated carbocycles. The van der Waals surface area contributed by atoms with E-state index in [-0.39, 0.29) is 37.0 Å². The Morgan fingerprint density at radius 2 is 1.75 bits per heavy atom. The molecule has 6 heteroatoms. The van der Waals surface area contributed by atoms with Gasteiger partial charge in [-0.1, -0.05) is 12.1 Å². The first-order chi connectivity index (χ1) is 9.66. The van der Waals surface area contributed by atoms with E-state index in [1.54, 1.807) is 24.3 Å². The summed E-state index contributed by atoms with van der Waals surface area (Å²) in [7, 11) is 0. The van der Waals surface area contributed by atoms with E-state index < -0.39 is 0 Å². The summed E-state index contributed by atoms with van der Waals surface area (Å²) in [4.78, 5) is 36.7. The van der Waals surface area contributed by atoms with E-state index in [1.165, 1.54) is 4.90 Å². The molecule has 6 nitrogen and oxygen atoms in total. The number of imide groups is 1. The van der Waals surface area contributed by atoms with Crippen LogP contribution in [0.2, 0.25) is 0 Å². The molecule has 0 bridgehead atoms. The summed E-state index contributed by atoms with van der Waals surface area (Å²) in [6, 6.07) is 6.79. The lowest BCUT2D eigenvalue weighted by atomic mass is 10.1. The van der Waals surface area contributed by atoms with Crippen molar-refractivity contribution >= 4 is 17.8 Å². The maximum Gasteiger partial charge on any atom is 0.315 e. The van der Waals surface area contributed by atoms with Crippen LogP contribution in [0.5, 0.6) is 0 Å². The molecule has 4 amide bonds. The Balaban J connectivity index is 1.55. The van der Waals surface area contributed by atoms with Crippen molar-refractivity contribution in [3.05, 3.63) is 35.4 Å². The summed E-state index contributed by atoms with van der Waals surface area (Å²) in [5.74, 6) is -0.593. The van der Waals surface area contributed by atoms with E-state index in [0.29, 0.717) is 11.1 Å². The maximum absolute atomic E-state index is 12.0. The molecule has 1 fully saturated rings. The molecule has 1 aromatic carbocycles. The van der Waals surface area contributed by atoms with Gasteiger partial charge in [0.25, 0.3) is 11.8 Å². The van der Waals surface area contributed by atoms with Crippen molar-refractivity contribution in [2.45, 2.75) is 18.9 Å². The van der Waals surface area contributed by atoms with Crippen LogP contribution < -0.4 is 10.6 Å². The molecular formula is C14H15N3O3. The smallest absolute Gasteiger partial charge is 0.315 e. The van der Waals surface area contributed by atoms with Crippen molar-refractivity contribution < 1.29 is 14.4 Å². The minimum Gasteiger partial charge on any atom is -0.336 e.